The fourth-order valence-corrected chi connectivity index (χ4v) is 3.78. The average Bonchev–Trinajstić information content (AvgIpc) is 3.40. The highest BCUT2D eigenvalue weighted by atomic mass is 16.3. The summed E-state index contributed by atoms with van der Waals surface area (Å²) in [6.07, 6.45) is 5.49. The van der Waals surface area contributed by atoms with Crippen LogP contribution in [-0.2, 0) is 4.79 Å². The quantitative estimate of drug-likeness (QED) is 0.534. The Morgan fingerprint density at radius 3 is 2.31 bits per heavy atom. The first-order valence-corrected chi connectivity index (χ1v) is 10.3. The molecule has 1 aliphatic carbocycles. The second kappa shape index (κ2) is 9.49. The van der Waals surface area contributed by atoms with E-state index in [2.05, 4.69) is 9.80 Å². The van der Waals surface area contributed by atoms with Gasteiger partial charge in [-0.25, -0.2) is 0 Å². The van der Waals surface area contributed by atoms with Gasteiger partial charge in [-0.2, -0.15) is 0 Å². The molecule has 2 rings (SSSR count). The van der Waals surface area contributed by atoms with Crippen molar-refractivity contribution in [1.82, 2.24) is 9.80 Å². The fraction of sp³-hybridized carbons (Fsp3) is 0.950. The number of hydrogen-bond acceptors (Lipinski definition) is 5. The number of carbonyl (C=O) groups is 1. The van der Waals surface area contributed by atoms with Crippen molar-refractivity contribution >= 4 is 5.91 Å². The van der Waals surface area contributed by atoms with E-state index in [1.165, 1.54) is 0 Å². The van der Waals surface area contributed by atoms with Gasteiger partial charge in [0.25, 0.3) is 0 Å². The van der Waals surface area contributed by atoms with Gasteiger partial charge in [0.2, 0.25) is 5.91 Å². The molecular formula is C20H38N2O4. The van der Waals surface area contributed by atoms with Crippen LogP contribution in [0.15, 0.2) is 0 Å². The first-order valence-electron chi connectivity index (χ1n) is 10.3. The van der Waals surface area contributed by atoms with Crippen molar-refractivity contribution in [3.63, 3.8) is 0 Å². The van der Waals surface area contributed by atoms with Crippen LogP contribution in [0, 0.1) is 5.41 Å². The van der Waals surface area contributed by atoms with Crippen molar-refractivity contribution < 1.29 is 20.1 Å². The summed E-state index contributed by atoms with van der Waals surface area (Å²) in [5.41, 5.74) is -0.304. The van der Waals surface area contributed by atoms with Gasteiger partial charge in [-0.3, -0.25) is 9.69 Å². The number of amides is 1. The van der Waals surface area contributed by atoms with E-state index in [-0.39, 0.29) is 24.0 Å². The molecule has 3 atom stereocenters. The van der Waals surface area contributed by atoms with E-state index < -0.39 is 12.2 Å². The number of likely N-dealkylation sites (tertiary alicyclic amines) is 1. The van der Waals surface area contributed by atoms with Gasteiger partial charge in [0.1, 0.15) is 0 Å². The Hall–Kier alpha value is -0.690. The number of piperidine rings is 1. The topological polar surface area (TPSA) is 84.2 Å². The lowest BCUT2D eigenvalue weighted by Crippen LogP contribution is -2.53. The molecule has 152 valence electrons. The zero-order valence-corrected chi connectivity index (χ0v) is 16.7. The number of β-amino-alcohol motifs (C(OH)–C–C–N with tert-alkyl or cyclic N) is 1. The number of carbonyl (C=O) groups excluding carboxylic acids is 1. The van der Waals surface area contributed by atoms with E-state index in [4.69, 9.17) is 0 Å². The van der Waals surface area contributed by atoms with Gasteiger partial charge in [0.15, 0.2) is 0 Å². The second-order valence-electron chi connectivity index (χ2n) is 9.10. The summed E-state index contributed by atoms with van der Waals surface area (Å²) in [5, 5.41) is 29.0. The minimum atomic E-state index is -0.725. The van der Waals surface area contributed by atoms with Crippen LogP contribution in [-0.4, -0.2) is 81.6 Å². The molecule has 2 aliphatic rings. The molecule has 2 fully saturated rings. The molecule has 1 saturated heterocycles. The van der Waals surface area contributed by atoms with Crippen molar-refractivity contribution in [2.24, 2.45) is 5.41 Å². The Bertz CT molecular complexity index is 448. The number of hydrogen-bond donors (Lipinski definition) is 3. The summed E-state index contributed by atoms with van der Waals surface area (Å²) in [5.74, 6) is 0.270. The summed E-state index contributed by atoms with van der Waals surface area (Å²) in [4.78, 5) is 16.7. The van der Waals surface area contributed by atoms with Crippen molar-refractivity contribution in [3.05, 3.63) is 0 Å². The minimum absolute atomic E-state index is 0.0229. The highest BCUT2D eigenvalue weighted by Crippen LogP contribution is 2.31. The van der Waals surface area contributed by atoms with Crippen molar-refractivity contribution in [3.8, 4) is 0 Å². The lowest BCUT2D eigenvalue weighted by Gasteiger charge is -2.39. The first-order chi connectivity index (χ1) is 12.2. The summed E-state index contributed by atoms with van der Waals surface area (Å²) >= 11 is 0. The van der Waals surface area contributed by atoms with Crippen LogP contribution in [0.3, 0.4) is 0 Å². The monoisotopic (exact) mass is 370 g/mol. The normalized spacial score (nSPS) is 27.5. The predicted molar refractivity (Wildman–Crippen MR) is 102 cm³/mol. The van der Waals surface area contributed by atoms with Crippen molar-refractivity contribution in [2.75, 3.05) is 26.2 Å². The number of aliphatic hydroxyl groups excluding tert-OH is 3. The van der Waals surface area contributed by atoms with Crippen molar-refractivity contribution in [2.45, 2.75) is 90.0 Å². The minimum Gasteiger partial charge on any atom is -0.395 e. The molecule has 0 bridgehead atoms. The number of rotatable bonds is 9. The smallest absolute Gasteiger partial charge is 0.228 e. The Morgan fingerprint density at radius 1 is 1.08 bits per heavy atom. The SMILES string of the molecule is CC(C)(C)C(=O)N(CCCCCCN1CC(O)C(O)CC1CO)C1CC1. The lowest BCUT2D eigenvalue weighted by molar-refractivity contribution is -0.140. The van der Waals surface area contributed by atoms with Gasteiger partial charge in [0, 0.05) is 30.6 Å². The zero-order valence-electron chi connectivity index (χ0n) is 16.7. The molecule has 3 unspecified atom stereocenters. The standard InChI is InChI=1S/C20H38N2O4/c1-20(2,3)19(26)22(15-8-9-15)11-7-5-4-6-10-21-13-18(25)17(24)12-16(21)14-23/h15-18,23-25H,4-14H2,1-3H3. The third kappa shape index (κ3) is 6.19. The van der Waals surface area contributed by atoms with E-state index in [9.17, 15) is 20.1 Å². The summed E-state index contributed by atoms with van der Waals surface area (Å²) < 4.78 is 0. The highest BCUT2D eigenvalue weighted by Gasteiger charge is 2.37. The van der Waals surface area contributed by atoms with E-state index in [1.807, 2.05) is 20.8 Å². The Morgan fingerprint density at radius 2 is 1.73 bits per heavy atom. The summed E-state index contributed by atoms with van der Waals surface area (Å²) in [7, 11) is 0. The van der Waals surface area contributed by atoms with E-state index in [1.54, 1.807) is 0 Å². The van der Waals surface area contributed by atoms with Crippen LogP contribution in [0.5, 0.6) is 0 Å². The molecule has 0 aromatic heterocycles. The van der Waals surface area contributed by atoms with E-state index in [0.29, 0.717) is 19.0 Å². The van der Waals surface area contributed by atoms with Crippen LogP contribution in [0.2, 0.25) is 0 Å². The molecule has 0 radical (unpaired) electrons. The molecule has 1 aliphatic heterocycles. The molecule has 1 amide bonds. The molecule has 6 heteroatoms. The Balaban J connectivity index is 1.64. The number of nitrogens with zero attached hydrogens (tertiary/aromatic N) is 2. The maximum atomic E-state index is 12.6. The molecule has 26 heavy (non-hydrogen) atoms. The Kier molecular flexibility index (Phi) is 7.89. The lowest BCUT2D eigenvalue weighted by atomic mass is 9.94. The zero-order chi connectivity index (χ0) is 19.3. The van der Waals surface area contributed by atoms with Crippen LogP contribution in [0.4, 0.5) is 0 Å². The summed E-state index contributed by atoms with van der Waals surface area (Å²) in [6, 6.07) is 0.413. The predicted octanol–water partition coefficient (Wildman–Crippen LogP) is 1.37. The average molecular weight is 371 g/mol. The molecule has 1 heterocycles. The van der Waals surface area contributed by atoms with Crippen LogP contribution in [0.1, 0.15) is 65.7 Å². The summed E-state index contributed by atoms with van der Waals surface area (Å²) in [6.45, 7) is 8.12. The van der Waals surface area contributed by atoms with Gasteiger partial charge in [-0.05, 0) is 38.6 Å². The maximum Gasteiger partial charge on any atom is 0.228 e. The third-order valence-electron chi connectivity index (χ3n) is 5.59. The molecule has 1 saturated carbocycles. The maximum absolute atomic E-state index is 12.6. The van der Waals surface area contributed by atoms with Crippen LogP contribution >= 0.6 is 0 Å². The van der Waals surface area contributed by atoms with Crippen LogP contribution in [0.25, 0.3) is 0 Å². The van der Waals surface area contributed by atoms with Gasteiger partial charge in [-0.1, -0.05) is 33.6 Å². The molecule has 0 spiro atoms. The van der Waals surface area contributed by atoms with Gasteiger partial charge in [-0.15, -0.1) is 0 Å². The molecule has 0 aromatic rings. The molecular weight excluding hydrogens is 332 g/mol. The second-order valence-corrected chi connectivity index (χ2v) is 9.10. The molecule has 0 aromatic carbocycles. The fourth-order valence-electron chi connectivity index (χ4n) is 3.78. The van der Waals surface area contributed by atoms with Gasteiger partial charge in [0.05, 0.1) is 18.8 Å². The van der Waals surface area contributed by atoms with E-state index in [0.717, 1.165) is 51.6 Å². The Labute approximate surface area is 158 Å². The van der Waals surface area contributed by atoms with Crippen molar-refractivity contribution in [1.29, 1.82) is 0 Å². The van der Waals surface area contributed by atoms with E-state index >= 15 is 0 Å². The third-order valence-corrected chi connectivity index (χ3v) is 5.59. The van der Waals surface area contributed by atoms with Gasteiger partial charge < -0.3 is 20.2 Å². The molecule has 6 nitrogen and oxygen atoms in total. The molecule has 3 N–H and O–H groups in total. The number of unbranched alkanes of at least 4 members (excludes halogenated alkanes) is 3. The number of aliphatic hydroxyl groups is 3. The highest BCUT2D eigenvalue weighted by molar-refractivity contribution is 5.82. The largest absolute Gasteiger partial charge is 0.395 e. The van der Waals surface area contributed by atoms with Crippen LogP contribution < -0.4 is 0 Å². The first kappa shape index (κ1) is 21.6. The van der Waals surface area contributed by atoms with Gasteiger partial charge >= 0.3 is 0 Å².